The third-order valence-electron chi connectivity index (χ3n) is 4.57. The summed E-state index contributed by atoms with van der Waals surface area (Å²) in [5, 5.41) is 0. The van der Waals surface area contributed by atoms with Crippen molar-refractivity contribution in [2.24, 2.45) is 5.73 Å². The largest absolute Gasteiger partial charge is 0.330 e. The Kier molecular flexibility index (Phi) is 7.65. The average molecular weight is 319 g/mol. The minimum absolute atomic E-state index is 0.261. The van der Waals surface area contributed by atoms with Gasteiger partial charge in [-0.2, -0.15) is 0 Å². The maximum atomic E-state index is 12.3. The Labute approximate surface area is 131 Å². The van der Waals surface area contributed by atoms with Crippen LogP contribution < -0.4 is 5.73 Å². The lowest BCUT2D eigenvalue weighted by Gasteiger charge is -2.32. The molecule has 0 aromatic heterocycles. The van der Waals surface area contributed by atoms with E-state index in [-0.39, 0.29) is 5.75 Å². The first-order chi connectivity index (χ1) is 9.78. The minimum atomic E-state index is -3.04. The summed E-state index contributed by atoms with van der Waals surface area (Å²) in [4.78, 5) is 2.39. The lowest BCUT2D eigenvalue weighted by atomic mass is 10.1. The predicted octanol–water partition coefficient (Wildman–Crippen LogP) is 2.57. The van der Waals surface area contributed by atoms with Crippen LogP contribution in [0.25, 0.3) is 0 Å². The van der Waals surface area contributed by atoms with Gasteiger partial charge < -0.3 is 5.73 Å². The highest BCUT2D eigenvalue weighted by Gasteiger charge is 2.30. The fourth-order valence-corrected chi connectivity index (χ4v) is 4.03. The van der Waals surface area contributed by atoms with E-state index in [0.29, 0.717) is 19.1 Å². The van der Waals surface area contributed by atoms with E-state index in [9.17, 15) is 8.42 Å². The molecule has 0 amide bonds. The third-order valence-corrected chi connectivity index (χ3v) is 7.16. The SMILES string of the molecule is CC(C)(C)S(=O)(=O)CCN(CCCN)C1CCCCCC1. The van der Waals surface area contributed by atoms with Crippen LogP contribution in [0.4, 0.5) is 0 Å². The molecule has 1 rings (SSSR count). The highest BCUT2D eigenvalue weighted by Crippen LogP contribution is 2.23. The van der Waals surface area contributed by atoms with E-state index in [1.54, 1.807) is 20.8 Å². The van der Waals surface area contributed by atoms with Gasteiger partial charge in [-0.15, -0.1) is 0 Å². The molecule has 2 N–H and O–H groups in total. The number of sulfone groups is 1. The first-order valence-electron chi connectivity index (χ1n) is 8.44. The maximum Gasteiger partial charge on any atom is 0.156 e. The molecule has 0 radical (unpaired) electrons. The highest BCUT2D eigenvalue weighted by molar-refractivity contribution is 7.92. The molecule has 21 heavy (non-hydrogen) atoms. The Morgan fingerprint density at radius 1 is 1.05 bits per heavy atom. The van der Waals surface area contributed by atoms with Crippen molar-refractivity contribution in [3.63, 3.8) is 0 Å². The lowest BCUT2D eigenvalue weighted by molar-refractivity contribution is 0.187. The zero-order valence-corrected chi connectivity index (χ0v) is 14.9. The predicted molar refractivity (Wildman–Crippen MR) is 90.3 cm³/mol. The summed E-state index contributed by atoms with van der Waals surface area (Å²) in [5.41, 5.74) is 5.64. The van der Waals surface area contributed by atoms with Crippen molar-refractivity contribution in [1.29, 1.82) is 0 Å². The van der Waals surface area contributed by atoms with Gasteiger partial charge in [0.05, 0.1) is 10.5 Å². The fourth-order valence-electron chi connectivity index (χ4n) is 2.94. The minimum Gasteiger partial charge on any atom is -0.330 e. The number of hydrogen-bond donors (Lipinski definition) is 1. The van der Waals surface area contributed by atoms with Crippen LogP contribution in [-0.2, 0) is 9.84 Å². The zero-order valence-electron chi connectivity index (χ0n) is 14.1. The zero-order chi connectivity index (χ0) is 15.9. The van der Waals surface area contributed by atoms with Crippen LogP contribution in [0, 0.1) is 0 Å². The summed E-state index contributed by atoms with van der Waals surface area (Å²) in [6, 6.07) is 0.550. The van der Waals surface area contributed by atoms with Gasteiger partial charge in [-0.25, -0.2) is 8.42 Å². The Morgan fingerprint density at radius 2 is 1.62 bits per heavy atom. The summed E-state index contributed by atoms with van der Waals surface area (Å²) >= 11 is 0. The van der Waals surface area contributed by atoms with E-state index in [0.717, 1.165) is 13.0 Å². The van der Waals surface area contributed by atoms with Crippen molar-refractivity contribution in [1.82, 2.24) is 4.90 Å². The van der Waals surface area contributed by atoms with Gasteiger partial charge in [-0.05, 0) is 53.1 Å². The lowest BCUT2D eigenvalue weighted by Crippen LogP contribution is -2.42. The number of nitrogens with zero attached hydrogens (tertiary/aromatic N) is 1. The first-order valence-corrected chi connectivity index (χ1v) is 10.1. The van der Waals surface area contributed by atoms with Gasteiger partial charge in [-0.1, -0.05) is 25.7 Å². The molecule has 4 nitrogen and oxygen atoms in total. The second-order valence-corrected chi connectivity index (χ2v) is 10.1. The second kappa shape index (κ2) is 8.49. The van der Waals surface area contributed by atoms with Gasteiger partial charge >= 0.3 is 0 Å². The van der Waals surface area contributed by atoms with Crippen LogP contribution in [-0.4, -0.2) is 49.5 Å². The van der Waals surface area contributed by atoms with Crippen LogP contribution in [0.3, 0.4) is 0 Å². The molecule has 0 aromatic carbocycles. The van der Waals surface area contributed by atoms with Crippen molar-refractivity contribution in [3.05, 3.63) is 0 Å². The quantitative estimate of drug-likeness (QED) is 0.733. The smallest absolute Gasteiger partial charge is 0.156 e. The fraction of sp³-hybridized carbons (Fsp3) is 1.00. The van der Waals surface area contributed by atoms with Crippen LogP contribution in [0.5, 0.6) is 0 Å². The molecule has 1 fully saturated rings. The second-order valence-electron chi connectivity index (χ2n) is 7.25. The average Bonchev–Trinajstić information content (AvgIpc) is 2.66. The first kappa shape index (κ1) is 18.9. The number of hydrogen-bond acceptors (Lipinski definition) is 4. The molecule has 1 saturated carbocycles. The molecular weight excluding hydrogens is 284 g/mol. The molecule has 0 atom stereocenters. The Bertz CT molecular complexity index is 380. The van der Waals surface area contributed by atoms with Crippen LogP contribution in [0.2, 0.25) is 0 Å². The third kappa shape index (κ3) is 6.25. The van der Waals surface area contributed by atoms with E-state index in [2.05, 4.69) is 4.90 Å². The molecule has 0 aromatic rings. The molecule has 0 heterocycles. The summed E-state index contributed by atoms with van der Waals surface area (Å²) in [7, 11) is -3.04. The summed E-state index contributed by atoms with van der Waals surface area (Å²) in [5.74, 6) is 0.261. The monoisotopic (exact) mass is 318 g/mol. The maximum absolute atomic E-state index is 12.3. The molecule has 0 spiro atoms. The van der Waals surface area contributed by atoms with Gasteiger partial charge in [0, 0.05) is 12.6 Å². The Hall–Kier alpha value is -0.130. The van der Waals surface area contributed by atoms with Crippen molar-refractivity contribution in [2.75, 3.05) is 25.4 Å². The van der Waals surface area contributed by atoms with Gasteiger partial charge in [-0.3, -0.25) is 4.90 Å². The van der Waals surface area contributed by atoms with Crippen LogP contribution in [0.1, 0.15) is 65.7 Å². The standard InChI is InChI=1S/C16H34N2O2S/c1-16(2,3)21(19,20)14-13-18(12-8-11-17)15-9-6-4-5-7-10-15/h15H,4-14,17H2,1-3H3. The molecule has 1 aliphatic carbocycles. The van der Waals surface area contributed by atoms with E-state index in [1.165, 1.54) is 38.5 Å². The molecule has 5 heteroatoms. The van der Waals surface area contributed by atoms with Gasteiger partial charge in [0.1, 0.15) is 0 Å². The molecule has 0 unspecified atom stereocenters. The molecule has 126 valence electrons. The van der Waals surface area contributed by atoms with E-state index >= 15 is 0 Å². The summed E-state index contributed by atoms with van der Waals surface area (Å²) < 4.78 is 24.0. The van der Waals surface area contributed by atoms with Crippen molar-refractivity contribution in [3.8, 4) is 0 Å². The summed E-state index contributed by atoms with van der Waals surface area (Å²) in [6.45, 7) is 7.63. The Balaban J connectivity index is 2.65. The molecule has 0 saturated heterocycles. The molecular formula is C16H34N2O2S. The molecule has 0 bridgehead atoms. The van der Waals surface area contributed by atoms with Gasteiger partial charge in [0.15, 0.2) is 9.84 Å². The number of rotatable bonds is 7. The van der Waals surface area contributed by atoms with Gasteiger partial charge in [0.25, 0.3) is 0 Å². The number of nitrogens with two attached hydrogens (primary N) is 1. The molecule has 0 aliphatic heterocycles. The van der Waals surface area contributed by atoms with E-state index in [4.69, 9.17) is 5.73 Å². The molecule has 1 aliphatic rings. The highest BCUT2D eigenvalue weighted by atomic mass is 32.2. The van der Waals surface area contributed by atoms with E-state index in [1.807, 2.05) is 0 Å². The normalized spacial score (nSPS) is 18.9. The topological polar surface area (TPSA) is 63.4 Å². The summed E-state index contributed by atoms with van der Waals surface area (Å²) in [6.07, 6.45) is 8.56. The van der Waals surface area contributed by atoms with Gasteiger partial charge in [0.2, 0.25) is 0 Å². The van der Waals surface area contributed by atoms with Crippen molar-refractivity contribution >= 4 is 9.84 Å². The van der Waals surface area contributed by atoms with Crippen molar-refractivity contribution < 1.29 is 8.42 Å². The van der Waals surface area contributed by atoms with Crippen LogP contribution >= 0.6 is 0 Å². The Morgan fingerprint density at radius 3 is 2.10 bits per heavy atom. The van der Waals surface area contributed by atoms with E-state index < -0.39 is 14.6 Å². The van der Waals surface area contributed by atoms with Crippen molar-refractivity contribution in [2.45, 2.75) is 76.5 Å². The van der Waals surface area contributed by atoms with Crippen LogP contribution in [0.15, 0.2) is 0 Å².